The van der Waals surface area contributed by atoms with Gasteiger partial charge in [0.2, 0.25) is 0 Å². The van der Waals surface area contributed by atoms with Crippen LogP contribution in [0.15, 0.2) is 48.5 Å². The summed E-state index contributed by atoms with van der Waals surface area (Å²) in [6.07, 6.45) is 0.314. The summed E-state index contributed by atoms with van der Waals surface area (Å²) in [5.74, 6) is 0.793. The molecule has 108 valence electrons. The molecule has 0 aliphatic rings. The number of nitrogens with zero attached hydrogens (tertiary/aromatic N) is 1. The number of hydrogen-bond donors (Lipinski definition) is 1. The van der Waals surface area contributed by atoms with Crippen LogP contribution in [0.5, 0.6) is 5.75 Å². The maximum absolute atomic E-state index is 9.76. The van der Waals surface area contributed by atoms with Gasteiger partial charge in [0.25, 0.3) is 0 Å². The summed E-state index contributed by atoms with van der Waals surface area (Å²) in [5.41, 5.74) is 1.94. The van der Waals surface area contributed by atoms with Gasteiger partial charge in [-0.15, -0.1) is 11.3 Å². The predicted molar refractivity (Wildman–Crippen MR) is 85.6 cm³/mol. The lowest BCUT2D eigenvalue weighted by Crippen LogP contribution is -1.97. The van der Waals surface area contributed by atoms with E-state index in [2.05, 4.69) is 11.1 Å². The molecule has 2 aromatic carbocycles. The number of fused-ring (bicyclic) bond motifs is 1. The lowest BCUT2D eigenvalue weighted by molar-refractivity contribution is 0.173. The van der Waals surface area contributed by atoms with Crippen LogP contribution in [0.25, 0.3) is 10.2 Å². The van der Waals surface area contributed by atoms with Crippen molar-refractivity contribution in [2.45, 2.75) is 26.1 Å². The zero-order valence-electron chi connectivity index (χ0n) is 11.8. The van der Waals surface area contributed by atoms with Gasteiger partial charge in [0.05, 0.1) is 16.3 Å². The van der Waals surface area contributed by atoms with E-state index in [9.17, 15) is 5.11 Å². The molecular formula is C17H17NO2S. The number of aliphatic hydroxyl groups is 1. The third kappa shape index (κ3) is 3.23. The minimum Gasteiger partial charge on any atom is -0.486 e. The molecule has 1 aromatic heterocycles. The second-order valence-electron chi connectivity index (χ2n) is 4.86. The number of aliphatic hydroxyl groups excluding tert-OH is 1. The third-order valence-electron chi connectivity index (χ3n) is 3.35. The van der Waals surface area contributed by atoms with Crippen molar-refractivity contribution >= 4 is 21.6 Å². The fraction of sp³-hybridized carbons (Fsp3) is 0.235. The van der Waals surface area contributed by atoms with Gasteiger partial charge in [-0.2, -0.15) is 0 Å². The lowest BCUT2D eigenvalue weighted by atomic mass is 10.1. The van der Waals surface area contributed by atoms with Crippen molar-refractivity contribution in [3.63, 3.8) is 0 Å². The van der Waals surface area contributed by atoms with Crippen LogP contribution in [-0.4, -0.2) is 10.1 Å². The average Bonchev–Trinajstić information content (AvgIpc) is 2.95. The van der Waals surface area contributed by atoms with E-state index >= 15 is 0 Å². The van der Waals surface area contributed by atoms with Crippen LogP contribution in [-0.2, 0) is 6.61 Å². The summed E-state index contributed by atoms with van der Waals surface area (Å²) in [5, 5.41) is 10.7. The van der Waals surface area contributed by atoms with Gasteiger partial charge in [-0.1, -0.05) is 31.2 Å². The van der Waals surface area contributed by atoms with Crippen LogP contribution in [0.4, 0.5) is 0 Å². The number of ether oxygens (including phenoxy) is 1. The van der Waals surface area contributed by atoms with Crippen molar-refractivity contribution in [2.75, 3.05) is 0 Å². The number of aromatic nitrogens is 1. The van der Waals surface area contributed by atoms with Gasteiger partial charge in [-0.05, 0) is 36.2 Å². The zero-order chi connectivity index (χ0) is 14.7. The first-order valence-electron chi connectivity index (χ1n) is 7.01. The zero-order valence-corrected chi connectivity index (χ0v) is 12.6. The Morgan fingerprint density at radius 1 is 1.14 bits per heavy atom. The van der Waals surface area contributed by atoms with E-state index in [0.29, 0.717) is 13.0 Å². The molecule has 21 heavy (non-hydrogen) atoms. The molecule has 0 fully saturated rings. The van der Waals surface area contributed by atoms with Crippen LogP contribution in [0.2, 0.25) is 0 Å². The summed E-state index contributed by atoms with van der Waals surface area (Å²) in [7, 11) is 0. The van der Waals surface area contributed by atoms with Gasteiger partial charge >= 0.3 is 0 Å². The molecule has 1 N–H and O–H groups in total. The van der Waals surface area contributed by atoms with Crippen LogP contribution in [0.3, 0.4) is 0 Å². The molecular weight excluding hydrogens is 282 g/mol. The number of benzene rings is 2. The highest BCUT2D eigenvalue weighted by Gasteiger charge is 2.06. The second kappa shape index (κ2) is 6.24. The average molecular weight is 299 g/mol. The SMILES string of the molecule is CC[C@@H](O)c1ccc(OCc2nc3ccccc3s2)cc1. The molecule has 0 amide bonds. The summed E-state index contributed by atoms with van der Waals surface area (Å²) >= 11 is 1.65. The molecule has 0 bridgehead atoms. The van der Waals surface area contributed by atoms with E-state index in [0.717, 1.165) is 21.8 Å². The number of para-hydroxylation sites is 1. The van der Waals surface area contributed by atoms with Crippen molar-refractivity contribution in [3.8, 4) is 5.75 Å². The van der Waals surface area contributed by atoms with E-state index < -0.39 is 6.10 Å². The molecule has 3 nitrogen and oxygen atoms in total. The van der Waals surface area contributed by atoms with E-state index in [-0.39, 0.29) is 0 Å². The maximum atomic E-state index is 9.76. The molecule has 0 unspecified atom stereocenters. The van der Waals surface area contributed by atoms with Gasteiger partial charge in [-0.25, -0.2) is 4.98 Å². The fourth-order valence-corrected chi connectivity index (χ4v) is 3.03. The van der Waals surface area contributed by atoms with Crippen molar-refractivity contribution < 1.29 is 9.84 Å². The minimum atomic E-state index is -0.400. The first kappa shape index (κ1) is 14.0. The van der Waals surface area contributed by atoms with Crippen molar-refractivity contribution in [1.82, 2.24) is 4.98 Å². The quantitative estimate of drug-likeness (QED) is 0.763. The minimum absolute atomic E-state index is 0.400. The standard InChI is InChI=1S/C17H17NO2S/c1-2-15(19)12-7-9-13(10-8-12)20-11-17-18-14-5-3-4-6-16(14)21-17/h3-10,15,19H,2,11H2,1H3/t15-/m1/s1. The van der Waals surface area contributed by atoms with E-state index in [1.54, 1.807) is 11.3 Å². The Kier molecular flexibility index (Phi) is 4.18. The third-order valence-corrected chi connectivity index (χ3v) is 4.36. The summed E-state index contributed by atoms with van der Waals surface area (Å²) in [6.45, 7) is 2.43. The van der Waals surface area contributed by atoms with Gasteiger partial charge in [0.15, 0.2) is 0 Å². The van der Waals surface area contributed by atoms with E-state index in [1.807, 2.05) is 49.4 Å². The molecule has 3 rings (SSSR count). The van der Waals surface area contributed by atoms with Crippen LogP contribution in [0, 0.1) is 0 Å². The Morgan fingerprint density at radius 2 is 1.90 bits per heavy atom. The fourth-order valence-electron chi connectivity index (χ4n) is 2.15. The molecule has 0 saturated heterocycles. The number of thiazole rings is 1. The Hall–Kier alpha value is -1.91. The normalized spacial score (nSPS) is 12.5. The predicted octanol–water partition coefficient (Wildman–Crippen LogP) is 4.32. The summed E-state index contributed by atoms with van der Waals surface area (Å²) < 4.78 is 6.93. The molecule has 0 saturated carbocycles. The van der Waals surface area contributed by atoms with Crippen LogP contribution < -0.4 is 4.74 Å². The molecule has 1 heterocycles. The number of hydrogen-bond acceptors (Lipinski definition) is 4. The first-order valence-corrected chi connectivity index (χ1v) is 7.83. The van der Waals surface area contributed by atoms with E-state index in [1.165, 1.54) is 4.70 Å². The van der Waals surface area contributed by atoms with Crippen LogP contribution in [0.1, 0.15) is 30.0 Å². The molecule has 1 atom stereocenters. The second-order valence-corrected chi connectivity index (χ2v) is 5.97. The first-order chi connectivity index (χ1) is 10.3. The molecule has 0 spiro atoms. The molecule has 0 aliphatic heterocycles. The summed E-state index contributed by atoms with van der Waals surface area (Å²) in [6, 6.07) is 15.7. The Labute approximate surface area is 127 Å². The Bertz CT molecular complexity index is 688. The molecule has 3 aromatic rings. The van der Waals surface area contributed by atoms with Crippen molar-refractivity contribution in [2.24, 2.45) is 0 Å². The van der Waals surface area contributed by atoms with Gasteiger partial charge in [-0.3, -0.25) is 0 Å². The highest BCUT2D eigenvalue weighted by molar-refractivity contribution is 7.18. The highest BCUT2D eigenvalue weighted by atomic mass is 32.1. The van der Waals surface area contributed by atoms with E-state index in [4.69, 9.17) is 4.74 Å². The van der Waals surface area contributed by atoms with Gasteiger partial charge in [0, 0.05) is 0 Å². The van der Waals surface area contributed by atoms with Crippen molar-refractivity contribution in [3.05, 3.63) is 59.1 Å². The van der Waals surface area contributed by atoms with Crippen LogP contribution >= 0.6 is 11.3 Å². The summed E-state index contributed by atoms with van der Waals surface area (Å²) in [4.78, 5) is 4.54. The Balaban J connectivity index is 1.67. The molecule has 0 aliphatic carbocycles. The monoisotopic (exact) mass is 299 g/mol. The highest BCUT2D eigenvalue weighted by Crippen LogP contribution is 2.24. The largest absolute Gasteiger partial charge is 0.486 e. The van der Waals surface area contributed by atoms with Crippen molar-refractivity contribution in [1.29, 1.82) is 0 Å². The Morgan fingerprint density at radius 3 is 2.62 bits per heavy atom. The smallest absolute Gasteiger partial charge is 0.140 e. The topological polar surface area (TPSA) is 42.4 Å². The lowest BCUT2D eigenvalue weighted by Gasteiger charge is -2.09. The molecule has 0 radical (unpaired) electrons. The number of rotatable bonds is 5. The molecule has 4 heteroatoms. The van der Waals surface area contributed by atoms with Gasteiger partial charge < -0.3 is 9.84 Å². The maximum Gasteiger partial charge on any atom is 0.140 e. The van der Waals surface area contributed by atoms with Gasteiger partial charge in [0.1, 0.15) is 17.4 Å².